The Labute approximate surface area is 463 Å². The Balaban J connectivity index is 0.707. The molecule has 402 valence electrons. The maximum Gasteiger partial charge on any atom is 0.256 e. The number of pyridine rings is 2. The SMILES string of the molecule is CCN(CC)CCNC(=O)c1c(C)[nH]c(/C=C2/c3cc(C4(C)CSC(c5ccc(CN6CCN(C(=O)c7c(C)[nH]c(/C=C8\C(=O)Nc9ccc(C%10=CSC(c%11cccnc%11)N%10)cc98)c7C)CC6)nc5)=N4)ccc3NC2O)c1C. The molecule has 7 N–H and O–H groups in total. The number of aromatic amines is 2. The molecule has 4 aromatic heterocycles. The van der Waals surface area contributed by atoms with Crippen molar-refractivity contribution in [3.8, 4) is 0 Å². The number of carbonyl (C=O) groups excluding carboxylic acids is 3. The van der Waals surface area contributed by atoms with Crippen molar-refractivity contribution < 1.29 is 19.5 Å². The van der Waals surface area contributed by atoms with Crippen LogP contribution in [0.5, 0.6) is 0 Å². The van der Waals surface area contributed by atoms with Crippen molar-refractivity contribution in [3.63, 3.8) is 0 Å². The number of amides is 3. The van der Waals surface area contributed by atoms with E-state index in [4.69, 9.17) is 9.98 Å². The second kappa shape index (κ2) is 21.9. The van der Waals surface area contributed by atoms with Gasteiger partial charge >= 0.3 is 0 Å². The highest BCUT2D eigenvalue weighted by Crippen LogP contribution is 2.44. The van der Waals surface area contributed by atoms with Crippen molar-refractivity contribution in [1.82, 2.24) is 45.3 Å². The van der Waals surface area contributed by atoms with Crippen LogP contribution in [0.3, 0.4) is 0 Å². The summed E-state index contributed by atoms with van der Waals surface area (Å²) in [5.41, 5.74) is 16.2. The molecule has 0 aliphatic carbocycles. The number of aliphatic hydroxyl groups excluding tert-OH is 1. The summed E-state index contributed by atoms with van der Waals surface area (Å²) >= 11 is 3.41. The number of piperazine rings is 1. The number of H-pyrrole nitrogens is 2. The third kappa shape index (κ3) is 10.3. The van der Waals surface area contributed by atoms with Crippen molar-refractivity contribution in [3.05, 3.63) is 169 Å². The van der Waals surface area contributed by atoms with Crippen molar-refractivity contribution >= 4 is 86.7 Å². The number of aromatic nitrogens is 4. The molecule has 3 atom stereocenters. The summed E-state index contributed by atoms with van der Waals surface area (Å²) in [6.45, 7) is 20.6. The lowest BCUT2D eigenvalue weighted by Crippen LogP contribution is -2.48. The first-order valence-corrected chi connectivity index (χ1v) is 28.7. The molecule has 0 bridgehead atoms. The fraction of sp³-hybridized carbons (Fsp3) is 0.333. The molecule has 78 heavy (non-hydrogen) atoms. The molecule has 16 nitrogen and oxygen atoms in total. The number of fused-ring (bicyclic) bond motifs is 2. The van der Waals surface area contributed by atoms with Gasteiger partial charge in [-0.05, 0) is 130 Å². The first-order chi connectivity index (χ1) is 37.7. The normalized spacial score (nSPS) is 20.9. The van der Waals surface area contributed by atoms with Crippen molar-refractivity contribution in [2.75, 3.05) is 68.7 Å². The van der Waals surface area contributed by atoms with E-state index in [9.17, 15) is 19.5 Å². The Bertz CT molecular complexity index is 3460. The molecule has 2 aromatic carbocycles. The molecule has 3 amide bonds. The zero-order chi connectivity index (χ0) is 54.4. The van der Waals surface area contributed by atoms with Gasteiger partial charge in [0.1, 0.15) is 10.4 Å². The van der Waals surface area contributed by atoms with E-state index in [0.29, 0.717) is 56.0 Å². The first kappa shape index (κ1) is 52.8. The summed E-state index contributed by atoms with van der Waals surface area (Å²) < 4.78 is 0. The van der Waals surface area contributed by atoms with Gasteiger partial charge in [0.2, 0.25) is 0 Å². The van der Waals surface area contributed by atoms with Gasteiger partial charge in [-0.2, -0.15) is 0 Å². The number of benzene rings is 2. The van der Waals surface area contributed by atoms with E-state index in [2.05, 4.69) is 103 Å². The molecule has 3 unspecified atom stereocenters. The molecule has 0 radical (unpaired) electrons. The van der Waals surface area contributed by atoms with E-state index in [1.807, 2.05) is 87.5 Å². The largest absolute Gasteiger partial charge is 0.369 e. The molecular formula is C60H66N12O4S2. The summed E-state index contributed by atoms with van der Waals surface area (Å²) in [6, 6.07) is 20.4. The minimum Gasteiger partial charge on any atom is -0.369 e. The van der Waals surface area contributed by atoms with Gasteiger partial charge in [0, 0.05) is 138 Å². The van der Waals surface area contributed by atoms with Gasteiger partial charge in [-0.25, -0.2) is 0 Å². The fourth-order valence-electron chi connectivity index (χ4n) is 11.1. The minimum absolute atomic E-state index is 0.0148. The summed E-state index contributed by atoms with van der Waals surface area (Å²) in [5.74, 6) is 0.456. The van der Waals surface area contributed by atoms with E-state index >= 15 is 0 Å². The van der Waals surface area contributed by atoms with Gasteiger partial charge in [0.25, 0.3) is 17.7 Å². The molecule has 9 heterocycles. The van der Waals surface area contributed by atoms with Crippen LogP contribution in [0, 0.1) is 27.7 Å². The molecular weight excluding hydrogens is 1020 g/mol. The number of hydrogen-bond donors (Lipinski definition) is 7. The van der Waals surface area contributed by atoms with Crippen molar-refractivity contribution in [1.29, 1.82) is 0 Å². The third-order valence-corrected chi connectivity index (χ3v) is 18.1. The molecule has 11 rings (SSSR count). The van der Waals surface area contributed by atoms with Crippen LogP contribution in [0.25, 0.3) is 29.0 Å². The number of aryl methyl sites for hydroxylation is 2. The summed E-state index contributed by atoms with van der Waals surface area (Å²) in [7, 11) is 0. The zero-order valence-electron chi connectivity index (χ0n) is 45.1. The molecule has 1 fully saturated rings. The zero-order valence-corrected chi connectivity index (χ0v) is 46.8. The number of rotatable bonds is 15. The highest BCUT2D eigenvalue weighted by atomic mass is 32.2. The lowest BCUT2D eigenvalue weighted by atomic mass is 9.91. The molecule has 5 aliphatic rings. The van der Waals surface area contributed by atoms with Crippen LogP contribution < -0.4 is 21.3 Å². The average Bonchev–Trinajstić information content (AvgIpc) is 4.42. The predicted octanol–water partition coefficient (Wildman–Crippen LogP) is 8.92. The van der Waals surface area contributed by atoms with E-state index < -0.39 is 11.8 Å². The van der Waals surface area contributed by atoms with Gasteiger partial charge in [0.05, 0.1) is 27.9 Å². The number of nitrogens with zero attached hydrogens (tertiary/aromatic N) is 6. The Morgan fingerprint density at radius 1 is 0.872 bits per heavy atom. The monoisotopic (exact) mass is 1080 g/mol. The number of aliphatic hydroxyl groups is 1. The van der Waals surface area contributed by atoms with E-state index in [0.717, 1.165) is 126 Å². The van der Waals surface area contributed by atoms with Gasteiger partial charge in [-0.3, -0.25) is 34.2 Å². The highest BCUT2D eigenvalue weighted by Gasteiger charge is 2.36. The van der Waals surface area contributed by atoms with Gasteiger partial charge in [-0.1, -0.05) is 32.0 Å². The summed E-state index contributed by atoms with van der Waals surface area (Å²) in [6.07, 6.45) is 8.47. The van der Waals surface area contributed by atoms with Gasteiger partial charge in [-0.15, -0.1) is 23.5 Å². The molecule has 18 heteroatoms. The van der Waals surface area contributed by atoms with Crippen LogP contribution in [-0.4, -0.2) is 127 Å². The molecule has 0 saturated carbocycles. The number of likely N-dealkylation sites (N-methyl/N-ethyl adjacent to an activating group) is 1. The van der Waals surface area contributed by atoms with Crippen LogP contribution in [-0.2, 0) is 16.9 Å². The van der Waals surface area contributed by atoms with Gasteiger partial charge in [0.15, 0.2) is 6.23 Å². The number of aliphatic imine (C=N–C) groups is 1. The first-order valence-electron chi connectivity index (χ1n) is 26.8. The molecule has 5 aliphatic heterocycles. The lowest BCUT2D eigenvalue weighted by Gasteiger charge is -2.34. The molecule has 1 saturated heterocycles. The van der Waals surface area contributed by atoms with Crippen LogP contribution in [0.2, 0.25) is 0 Å². The van der Waals surface area contributed by atoms with Crippen molar-refractivity contribution in [2.45, 2.75) is 72.2 Å². The highest BCUT2D eigenvalue weighted by molar-refractivity contribution is 8.14. The maximum atomic E-state index is 14.2. The molecule has 0 spiro atoms. The number of thioether (sulfide) groups is 2. The predicted molar refractivity (Wildman–Crippen MR) is 315 cm³/mol. The van der Waals surface area contributed by atoms with Crippen LogP contribution >= 0.6 is 23.5 Å². The van der Waals surface area contributed by atoms with E-state index in [-0.39, 0.29) is 23.1 Å². The maximum absolute atomic E-state index is 14.2. The summed E-state index contributed by atoms with van der Waals surface area (Å²) in [4.78, 5) is 68.7. The average molecular weight is 1080 g/mol. The number of anilines is 2. The number of carbonyl (C=O) groups is 3. The van der Waals surface area contributed by atoms with Crippen LogP contribution in [0.1, 0.15) is 120 Å². The Kier molecular flexibility index (Phi) is 14.8. The molecule has 6 aromatic rings. The Morgan fingerprint density at radius 3 is 2.36 bits per heavy atom. The minimum atomic E-state index is -0.906. The topological polar surface area (TPSA) is 199 Å². The quantitative estimate of drug-likeness (QED) is 0.0483. The Hall–Kier alpha value is -7.22. The van der Waals surface area contributed by atoms with Crippen LogP contribution in [0.15, 0.2) is 89.7 Å². The third-order valence-electron chi connectivity index (χ3n) is 15.8. The standard InChI is InChI=1S/C60H66N12O4S2/c1-8-70(9-2)20-19-62-56(75)52-34(3)49(64-36(52)5)28-46-44-26-41(14-17-48(44)67-55(46)74)60(7)33-78-58(69-60)40-12-15-42(63-30-40)31-71-21-23-72(24-22-71)59(76)53-35(4)50(65-37(53)6)27-45-43-25-38(13-16-47(43)66-54(45)73)51-32-77-57(68-51)39-11-10-18-61-29-39/h10-18,25-30,32,55,57,64-65,67-68,74H,8-9,19-24,31,33H2,1-7H3,(H,62,75)(H,66,73)/b45-27-,46-28-. The number of nitrogens with one attached hydrogen (secondary N) is 6. The van der Waals surface area contributed by atoms with Crippen molar-refractivity contribution in [2.24, 2.45) is 4.99 Å². The smallest absolute Gasteiger partial charge is 0.256 e. The second-order valence-electron chi connectivity index (χ2n) is 20.9. The van der Waals surface area contributed by atoms with E-state index in [1.165, 1.54) is 0 Å². The van der Waals surface area contributed by atoms with E-state index in [1.54, 1.807) is 29.7 Å². The fourth-order valence-corrected chi connectivity index (χ4v) is 13.3. The van der Waals surface area contributed by atoms with Crippen LogP contribution in [0.4, 0.5) is 11.4 Å². The second-order valence-corrected chi connectivity index (χ2v) is 22.8. The lowest BCUT2D eigenvalue weighted by molar-refractivity contribution is -0.110. The Morgan fingerprint density at radius 2 is 1.62 bits per heavy atom. The van der Waals surface area contributed by atoms with Gasteiger partial charge < -0.3 is 46.1 Å². The summed E-state index contributed by atoms with van der Waals surface area (Å²) in [5, 5.41) is 27.3. The number of hydrogen-bond acceptors (Lipinski definition) is 13.